The first-order chi connectivity index (χ1) is 5.74. The van der Waals surface area contributed by atoms with Crippen LogP contribution in [0.1, 0.15) is 22.9 Å². The van der Waals surface area contributed by atoms with Gasteiger partial charge in [-0.1, -0.05) is 5.92 Å². The lowest BCUT2D eigenvalue weighted by Crippen LogP contribution is -2.17. The highest BCUT2D eigenvalue weighted by Crippen LogP contribution is 2.19. The minimum atomic E-state index is 0.312. The summed E-state index contributed by atoms with van der Waals surface area (Å²) in [6.45, 7) is 4.70. The van der Waals surface area contributed by atoms with Crippen LogP contribution in [-0.2, 0) is 0 Å². The molecular weight excluding hydrogens is 168 g/mol. The van der Waals surface area contributed by atoms with Gasteiger partial charge in [0.1, 0.15) is 0 Å². The molecule has 0 spiro atoms. The Kier molecular flexibility index (Phi) is 3.27. The van der Waals surface area contributed by atoms with Gasteiger partial charge in [-0.15, -0.1) is 17.8 Å². The van der Waals surface area contributed by atoms with Gasteiger partial charge >= 0.3 is 0 Å². The van der Waals surface area contributed by atoms with Gasteiger partial charge in [0.05, 0.1) is 11.6 Å². The SMILES string of the molecule is C#CCNC(C)c1cnc(C)s1. The average Bonchev–Trinajstić information content (AvgIpc) is 2.47. The largest absolute Gasteiger partial charge is 0.299 e. The second kappa shape index (κ2) is 4.24. The summed E-state index contributed by atoms with van der Waals surface area (Å²) >= 11 is 1.70. The highest BCUT2D eigenvalue weighted by molar-refractivity contribution is 7.11. The van der Waals surface area contributed by atoms with Gasteiger partial charge in [-0.05, 0) is 13.8 Å². The molecule has 1 heterocycles. The van der Waals surface area contributed by atoms with Gasteiger partial charge in [-0.3, -0.25) is 5.32 Å². The van der Waals surface area contributed by atoms with Crippen LogP contribution in [0.2, 0.25) is 0 Å². The Bertz CT molecular complexity index is 285. The zero-order valence-corrected chi connectivity index (χ0v) is 8.11. The molecule has 0 fully saturated rings. The third-order valence-electron chi connectivity index (χ3n) is 1.58. The van der Waals surface area contributed by atoms with E-state index >= 15 is 0 Å². The molecule has 3 heteroatoms. The minimum Gasteiger partial charge on any atom is -0.299 e. The van der Waals surface area contributed by atoms with Crippen LogP contribution >= 0.6 is 11.3 Å². The van der Waals surface area contributed by atoms with E-state index in [1.165, 1.54) is 4.88 Å². The molecule has 0 bridgehead atoms. The first-order valence-electron chi connectivity index (χ1n) is 3.83. The van der Waals surface area contributed by atoms with Crippen LogP contribution in [-0.4, -0.2) is 11.5 Å². The average molecular weight is 180 g/mol. The number of hydrogen-bond acceptors (Lipinski definition) is 3. The number of nitrogens with one attached hydrogen (secondary N) is 1. The normalized spacial score (nSPS) is 12.4. The molecule has 1 aromatic heterocycles. The molecule has 0 radical (unpaired) electrons. The Morgan fingerprint density at radius 1 is 1.83 bits per heavy atom. The van der Waals surface area contributed by atoms with Gasteiger partial charge in [-0.2, -0.15) is 0 Å². The Labute approximate surface area is 77.0 Å². The number of aryl methyl sites for hydroxylation is 1. The van der Waals surface area contributed by atoms with Crippen LogP contribution < -0.4 is 5.32 Å². The molecular formula is C9H12N2S. The van der Waals surface area contributed by atoms with Crippen molar-refractivity contribution < 1.29 is 0 Å². The van der Waals surface area contributed by atoms with E-state index in [1.807, 2.05) is 13.1 Å². The fraction of sp³-hybridized carbons (Fsp3) is 0.444. The molecule has 1 N–H and O–H groups in total. The van der Waals surface area contributed by atoms with E-state index < -0.39 is 0 Å². The summed E-state index contributed by atoms with van der Waals surface area (Å²) in [7, 11) is 0. The van der Waals surface area contributed by atoms with E-state index in [-0.39, 0.29) is 0 Å². The van der Waals surface area contributed by atoms with Gasteiger partial charge in [0.2, 0.25) is 0 Å². The van der Waals surface area contributed by atoms with Crippen molar-refractivity contribution in [3.05, 3.63) is 16.1 Å². The van der Waals surface area contributed by atoms with E-state index in [0.717, 1.165) is 5.01 Å². The fourth-order valence-corrected chi connectivity index (χ4v) is 1.70. The lowest BCUT2D eigenvalue weighted by Gasteiger charge is -2.07. The van der Waals surface area contributed by atoms with Gasteiger partial charge in [0.15, 0.2) is 0 Å². The van der Waals surface area contributed by atoms with Crippen LogP contribution in [0, 0.1) is 19.3 Å². The van der Waals surface area contributed by atoms with Crippen molar-refractivity contribution in [1.29, 1.82) is 0 Å². The lowest BCUT2D eigenvalue weighted by atomic mass is 10.3. The Morgan fingerprint density at radius 3 is 3.08 bits per heavy atom. The molecule has 1 rings (SSSR count). The van der Waals surface area contributed by atoms with Gasteiger partial charge in [0, 0.05) is 17.1 Å². The Morgan fingerprint density at radius 2 is 2.58 bits per heavy atom. The summed E-state index contributed by atoms with van der Waals surface area (Å²) in [6.07, 6.45) is 7.03. The van der Waals surface area contributed by atoms with E-state index in [4.69, 9.17) is 6.42 Å². The van der Waals surface area contributed by atoms with Crippen molar-refractivity contribution in [1.82, 2.24) is 10.3 Å². The van der Waals surface area contributed by atoms with Crippen molar-refractivity contribution in [3.63, 3.8) is 0 Å². The molecule has 12 heavy (non-hydrogen) atoms. The smallest absolute Gasteiger partial charge is 0.0897 e. The van der Waals surface area contributed by atoms with Crippen LogP contribution in [0.4, 0.5) is 0 Å². The first-order valence-corrected chi connectivity index (χ1v) is 4.65. The van der Waals surface area contributed by atoms with Crippen LogP contribution in [0.25, 0.3) is 0 Å². The monoisotopic (exact) mass is 180 g/mol. The number of thiazole rings is 1. The zero-order chi connectivity index (χ0) is 8.97. The second-order valence-electron chi connectivity index (χ2n) is 2.59. The molecule has 1 aromatic rings. The number of aromatic nitrogens is 1. The maximum absolute atomic E-state index is 5.14. The molecule has 0 aliphatic heterocycles. The van der Waals surface area contributed by atoms with Gasteiger partial charge < -0.3 is 0 Å². The molecule has 1 unspecified atom stereocenters. The Hall–Kier alpha value is -0.850. The predicted molar refractivity (Wildman–Crippen MR) is 52.1 cm³/mol. The standard InChI is InChI=1S/C9H12N2S/c1-4-5-10-7(2)9-6-11-8(3)12-9/h1,6-7,10H,5H2,2-3H3. The third kappa shape index (κ3) is 2.33. The molecule has 0 saturated carbocycles. The van der Waals surface area contributed by atoms with Crippen molar-refractivity contribution in [2.75, 3.05) is 6.54 Å². The number of terminal acetylenes is 1. The van der Waals surface area contributed by atoms with E-state index in [0.29, 0.717) is 12.6 Å². The molecule has 0 saturated heterocycles. The number of hydrogen-bond donors (Lipinski definition) is 1. The number of nitrogens with zero attached hydrogens (tertiary/aromatic N) is 1. The minimum absolute atomic E-state index is 0.312. The summed E-state index contributed by atoms with van der Waals surface area (Å²) < 4.78 is 0. The highest BCUT2D eigenvalue weighted by atomic mass is 32.1. The van der Waals surface area contributed by atoms with Gasteiger partial charge in [0.25, 0.3) is 0 Å². The number of rotatable bonds is 3. The molecule has 0 aliphatic rings. The summed E-state index contributed by atoms with van der Waals surface area (Å²) in [5, 5.41) is 4.29. The summed E-state index contributed by atoms with van der Waals surface area (Å²) in [5.74, 6) is 2.55. The second-order valence-corrected chi connectivity index (χ2v) is 3.85. The summed E-state index contributed by atoms with van der Waals surface area (Å²) in [5.41, 5.74) is 0. The lowest BCUT2D eigenvalue weighted by molar-refractivity contribution is 0.632. The van der Waals surface area contributed by atoms with Crippen molar-refractivity contribution in [3.8, 4) is 12.3 Å². The Balaban J connectivity index is 2.54. The van der Waals surface area contributed by atoms with Crippen molar-refractivity contribution in [2.24, 2.45) is 0 Å². The molecule has 64 valence electrons. The molecule has 0 aliphatic carbocycles. The summed E-state index contributed by atoms with van der Waals surface area (Å²) in [6, 6.07) is 0.312. The van der Waals surface area contributed by atoms with E-state index in [9.17, 15) is 0 Å². The predicted octanol–water partition coefficient (Wildman–Crippen LogP) is 1.74. The molecule has 1 atom stereocenters. The van der Waals surface area contributed by atoms with E-state index in [1.54, 1.807) is 11.3 Å². The fourth-order valence-electron chi connectivity index (χ4n) is 0.891. The zero-order valence-electron chi connectivity index (χ0n) is 7.29. The van der Waals surface area contributed by atoms with Crippen molar-refractivity contribution >= 4 is 11.3 Å². The van der Waals surface area contributed by atoms with Crippen LogP contribution in [0.5, 0.6) is 0 Å². The molecule has 0 amide bonds. The third-order valence-corrected chi connectivity index (χ3v) is 2.67. The van der Waals surface area contributed by atoms with E-state index in [2.05, 4.69) is 23.1 Å². The quantitative estimate of drug-likeness (QED) is 0.717. The maximum atomic E-state index is 5.14. The summed E-state index contributed by atoms with van der Waals surface area (Å²) in [4.78, 5) is 5.41. The highest BCUT2D eigenvalue weighted by Gasteiger charge is 2.05. The van der Waals surface area contributed by atoms with Gasteiger partial charge in [-0.25, -0.2) is 4.98 Å². The van der Waals surface area contributed by atoms with Crippen LogP contribution in [0.3, 0.4) is 0 Å². The maximum Gasteiger partial charge on any atom is 0.0897 e. The molecule has 2 nitrogen and oxygen atoms in total. The topological polar surface area (TPSA) is 24.9 Å². The van der Waals surface area contributed by atoms with Crippen LogP contribution in [0.15, 0.2) is 6.20 Å². The first kappa shape index (κ1) is 9.24. The van der Waals surface area contributed by atoms with Crippen molar-refractivity contribution in [2.45, 2.75) is 19.9 Å². The molecule has 0 aromatic carbocycles.